The van der Waals surface area contributed by atoms with E-state index < -0.39 is 5.91 Å². The van der Waals surface area contributed by atoms with E-state index in [1.54, 1.807) is 35.0 Å². The molecule has 2 aromatic carbocycles. The highest BCUT2D eigenvalue weighted by molar-refractivity contribution is 6.43. The molecule has 0 radical (unpaired) electrons. The number of imide groups is 1. The number of likely N-dealkylation sites (N-methyl/N-ethyl adjacent to an activating group) is 1. The van der Waals surface area contributed by atoms with Crippen LogP contribution in [0.25, 0.3) is 11.3 Å². The molecular formula is C22H21N3O4. The Hall–Kier alpha value is -3.61. The van der Waals surface area contributed by atoms with Crippen molar-refractivity contribution in [3.05, 3.63) is 59.7 Å². The average Bonchev–Trinajstić information content (AvgIpc) is 3.20. The van der Waals surface area contributed by atoms with Crippen LogP contribution in [0.15, 0.2) is 48.5 Å². The lowest BCUT2D eigenvalue weighted by Gasteiger charge is -2.18. The number of anilines is 2. The second-order valence-corrected chi connectivity index (χ2v) is 6.99. The third kappa shape index (κ3) is 2.95. The molecule has 0 unspecified atom stereocenters. The van der Waals surface area contributed by atoms with Gasteiger partial charge in [0.1, 0.15) is 5.76 Å². The molecule has 1 fully saturated rings. The molecule has 2 heterocycles. The summed E-state index contributed by atoms with van der Waals surface area (Å²) < 4.78 is 5.61. The Balaban J connectivity index is 1.92. The maximum absolute atomic E-state index is 13.2. The third-order valence-electron chi connectivity index (χ3n) is 5.22. The highest BCUT2D eigenvalue weighted by atomic mass is 16.5. The van der Waals surface area contributed by atoms with Crippen molar-refractivity contribution in [2.45, 2.75) is 6.92 Å². The van der Waals surface area contributed by atoms with Gasteiger partial charge in [-0.05, 0) is 18.2 Å². The topological polar surface area (TPSA) is 70.2 Å². The van der Waals surface area contributed by atoms with Crippen LogP contribution in [0.4, 0.5) is 16.2 Å². The molecule has 2 aromatic rings. The predicted molar refractivity (Wildman–Crippen MR) is 110 cm³/mol. The molecule has 0 saturated carbocycles. The second kappa shape index (κ2) is 7.09. The van der Waals surface area contributed by atoms with E-state index in [-0.39, 0.29) is 11.9 Å². The normalized spacial score (nSPS) is 17.7. The molecule has 0 N–H and O–H groups in total. The van der Waals surface area contributed by atoms with Gasteiger partial charge in [0.05, 0.1) is 18.4 Å². The van der Waals surface area contributed by atoms with Crippen molar-refractivity contribution in [2.75, 3.05) is 37.0 Å². The number of carbonyl (C=O) groups is 3. The van der Waals surface area contributed by atoms with Crippen molar-refractivity contribution in [3.8, 4) is 0 Å². The molecule has 1 saturated heterocycles. The standard InChI is InChI=1S/C22H21N3O4/c1-14(26)25-18-10-9-16(24-12-11-23(2)22(24)28)13-17(18)19(21(25)27)20(29-3)15-7-5-4-6-8-15/h4-10,13H,11-12H2,1-3H3/b20-19-. The van der Waals surface area contributed by atoms with Crippen LogP contribution in [-0.2, 0) is 14.3 Å². The van der Waals surface area contributed by atoms with Gasteiger partial charge >= 0.3 is 6.03 Å². The van der Waals surface area contributed by atoms with Crippen LogP contribution in [0.5, 0.6) is 0 Å². The first kappa shape index (κ1) is 18.7. The molecule has 148 valence electrons. The van der Waals surface area contributed by atoms with E-state index in [4.69, 9.17) is 4.74 Å². The van der Waals surface area contributed by atoms with Crippen molar-refractivity contribution < 1.29 is 19.1 Å². The molecule has 4 rings (SSSR count). The Morgan fingerprint density at radius 1 is 1.03 bits per heavy atom. The zero-order valence-corrected chi connectivity index (χ0v) is 16.5. The van der Waals surface area contributed by atoms with Crippen molar-refractivity contribution in [1.29, 1.82) is 0 Å². The summed E-state index contributed by atoms with van der Waals surface area (Å²) in [7, 11) is 3.25. The number of hydrogen-bond donors (Lipinski definition) is 0. The molecular weight excluding hydrogens is 370 g/mol. The fourth-order valence-corrected chi connectivity index (χ4v) is 3.80. The van der Waals surface area contributed by atoms with Crippen LogP contribution in [0.2, 0.25) is 0 Å². The predicted octanol–water partition coefficient (Wildman–Crippen LogP) is 2.97. The highest BCUT2D eigenvalue weighted by Crippen LogP contribution is 2.43. The molecule has 0 spiro atoms. The van der Waals surface area contributed by atoms with E-state index in [0.29, 0.717) is 41.4 Å². The van der Waals surface area contributed by atoms with Gasteiger partial charge in [-0.25, -0.2) is 9.69 Å². The number of fused-ring (bicyclic) bond motifs is 1. The molecule has 7 nitrogen and oxygen atoms in total. The van der Waals surface area contributed by atoms with Crippen LogP contribution in [0.1, 0.15) is 18.1 Å². The molecule has 4 amide bonds. The van der Waals surface area contributed by atoms with Gasteiger partial charge in [0.2, 0.25) is 5.91 Å². The van der Waals surface area contributed by atoms with E-state index in [2.05, 4.69) is 0 Å². The lowest BCUT2D eigenvalue weighted by Crippen LogP contribution is -2.31. The van der Waals surface area contributed by atoms with Crippen molar-refractivity contribution in [1.82, 2.24) is 4.90 Å². The maximum atomic E-state index is 13.2. The lowest BCUT2D eigenvalue weighted by molar-refractivity contribution is -0.122. The summed E-state index contributed by atoms with van der Waals surface area (Å²) in [4.78, 5) is 42.3. The number of urea groups is 1. The fourth-order valence-electron chi connectivity index (χ4n) is 3.80. The Morgan fingerprint density at radius 2 is 1.76 bits per heavy atom. The van der Waals surface area contributed by atoms with Gasteiger partial charge in [0, 0.05) is 43.9 Å². The van der Waals surface area contributed by atoms with E-state index in [1.807, 2.05) is 30.3 Å². The van der Waals surface area contributed by atoms with Crippen molar-refractivity contribution in [2.24, 2.45) is 0 Å². The Morgan fingerprint density at radius 3 is 2.34 bits per heavy atom. The number of ether oxygens (including phenoxy) is 1. The Bertz CT molecular complexity index is 1050. The van der Waals surface area contributed by atoms with Gasteiger partial charge in [-0.2, -0.15) is 0 Å². The minimum Gasteiger partial charge on any atom is -0.495 e. The molecule has 29 heavy (non-hydrogen) atoms. The molecule has 0 aliphatic carbocycles. The smallest absolute Gasteiger partial charge is 0.324 e. The highest BCUT2D eigenvalue weighted by Gasteiger charge is 2.39. The quantitative estimate of drug-likeness (QED) is 0.596. The number of carbonyl (C=O) groups excluding carboxylic acids is 3. The molecule has 7 heteroatoms. The minimum absolute atomic E-state index is 0.0988. The summed E-state index contributed by atoms with van der Waals surface area (Å²) in [6, 6.07) is 14.4. The second-order valence-electron chi connectivity index (χ2n) is 6.99. The number of benzene rings is 2. The van der Waals surface area contributed by atoms with Gasteiger partial charge in [-0.15, -0.1) is 0 Å². The summed E-state index contributed by atoms with van der Waals surface area (Å²) >= 11 is 0. The molecule has 0 bridgehead atoms. The average molecular weight is 391 g/mol. The summed E-state index contributed by atoms with van der Waals surface area (Å²) in [6.45, 7) is 2.55. The van der Waals surface area contributed by atoms with Crippen molar-refractivity contribution in [3.63, 3.8) is 0 Å². The van der Waals surface area contributed by atoms with Gasteiger partial charge in [-0.3, -0.25) is 14.5 Å². The summed E-state index contributed by atoms with van der Waals surface area (Å²) in [5.41, 5.74) is 2.79. The monoisotopic (exact) mass is 391 g/mol. The number of amides is 4. The molecule has 2 aliphatic heterocycles. The number of nitrogens with zero attached hydrogens (tertiary/aromatic N) is 3. The van der Waals surface area contributed by atoms with Crippen LogP contribution < -0.4 is 9.80 Å². The maximum Gasteiger partial charge on any atom is 0.324 e. The summed E-state index contributed by atoms with van der Waals surface area (Å²) in [5, 5.41) is 0. The molecule has 2 aliphatic rings. The number of rotatable bonds is 3. The Labute approximate surface area is 168 Å². The Kier molecular flexibility index (Phi) is 4.58. The summed E-state index contributed by atoms with van der Waals surface area (Å²) in [5.74, 6) is -0.419. The third-order valence-corrected chi connectivity index (χ3v) is 5.22. The first-order chi connectivity index (χ1) is 13.9. The van der Waals surface area contributed by atoms with Crippen molar-refractivity contribution >= 4 is 40.6 Å². The fraction of sp³-hybridized carbons (Fsp3) is 0.227. The summed E-state index contributed by atoms with van der Waals surface area (Å²) in [6.07, 6.45) is 0. The van der Waals surface area contributed by atoms with Crippen LogP contribution in [0, 0.1) is 0 Å². The first-order valence-electron chi connectivity index (χ1n) is 9.29. The number of hydrogen-bond acceptors (Lipinski definition) is 4. The molecule has 0 aromatic heterocycles. The van der Waals surface area contributed by atoms with Crippen LogP contribution in [-0.4, -0.2) is 50.0 Å². The van der Waals surface area contributed by atoms with Crippen LogP contribution >= 0.6 is 0 Å². The van der Waals surface area contributed by atoms with Gasteiger partial charge in [-0.1, -0.05) is 30.3 Å². The zero-order chi connectivity index (χ0) is 20.7. The van der Waals surface area contributed by atoms with Crippen LogP contribution in [0.3, 0.4) is 0 Å². The minimum atomic E-state index is -0.435. The number of methoxy groups -OCH3 is 1. The first-order valence-corrected chi connectivity index (χ1v) is 9.29. The molecule has 0 atom stereocenters. The largest absolute Gasteiger partial charge is 0.495 e. The van der Waals surface area contributed by atoms with Gasteiger partial charge in [0.15, 0.2) is 0 Å². The van der Waals surface area contributed by atoms with Gasteiger partial charge in [0.25, 0.3) is 5.91 Å². The zero-order valence-electron chi connectivity index (χ0n) is 16.5. The van der Waals surface area contributed by atoms with Gasteiger partial charge < -0.3 is 9.64 Å². The SMILES string of the molecule is CO/C(=C1\C(=O)N(C(C)=O)c2ccc(N3CCN(C)C3=O)cc21)c1ccccc1. The van der Waals surface area contributed by atoms with E-state index in [1.165, 1.54) is 14.0 Å². The van der Waals surface area contributed by atoms with E-state index >= 15 is 0 Å². The van der Waals surface area contributed by atoms with E-state index in [0.717, 1.165) is 10.5 Å². The van der Waals surface area contributed by atoms with E-state index in [9.17, 15) is 14.4 Å². The lowest BCUT2D eigenvalue weighted by atomic mass is 10.0.